The number of primary amides is 1. The summed E-state index contributed by atoms with van der Waals surface area (Å²) >= 11 is 1.25. The molecule has 5 rings (SSSR count). The molecule has 3 aromatic rings. The maximum atomic E-state index is 14.3. The van der Waals surface area contributed by atoms with Gasteiger partial charge in [-0.3, -0.25) is 14.2 Å². The molecule has 1 aromatic heterocycles. The Morgan fingerprint density at radius 3 is 2.53 bits per heavy atom. The Morgan fingerprint density at radius 1 is 1.09 bits per heavy atom. The van der Waals surface area contributed by atoms with Gasteiger partial charge in [0.15, 0.2) is 5.16 Å². The number of hydrogen-bond acceptors (Lipinski definition) is 4. The molecule has 0 unspecified atom stereocenters. The molecule has 6 heteroatoms. The fraction of sp³-hybridized carbons (Fsp3) is 0.393. The fourth-order valence-corrected chi connectivity index (χ4v) is 6.60. The number of hydrogen-bond donors (Lipinski definition) is 1. The minimum Gasteiger partial charge on any atom is -0.369 e. The van der Waals surface area contributed by atoms with Crippen LogP contribution in [0.1, 0.15) is 55.7 Å². The number of rotatable bonds is 6. The third-order valence-electron chi connectivity index (χ3n) is 7.57. The van der Waals surface area contributed by atoms with E-state index >= 15 is 0 Å². The van der Waals surface area contributed by atoms with E-state index in [4.69, 9.17) is 10.7 Å². The van der Waals surface area contributed by atoms with E-state index in [2.05, 4.69) is 25.1 Å². The van der Waals surface area contributed by atoms with Gasteiger partial charge in [-0.1, -0.05) is 92.5 Å². The molecule has 2 aromatic carbocycles. The van der Waals surface area contributed by atoms with Gasteiger partial charge in [0.1, 0.15) is 0 Å². The van der Waals surface area contributed by atoms with Crippen LogP contribution in [0.15, 0.2) is 64.5 Å². The molecule has 1 heterocycles. The highest BCUT2D eigenvalue weighted by Crippen LogP contribution is 2.49. The van der Waals surface area contributed by atoms with Gasteiger partial charge in [0.25, 0.3) is 5.56 Å². The Kier molecular flexibility index (Phi) is 6.34. The van der Waals surface area contributed by atoms with Crippen molar-refractivity contribution in [2.75, 3.05) is 5.75 Å². The maximum Gasteiger partial charge on any atom is 0.258 e. The zero-order chi connectivity index (χ0) is 23.7. The van der Waals surface area contributed by atoms with Crippen molar-refractivity contribution in [3.05, 3.63) is 81.6 Å². The molecule has 0 bridgehead atoms. The molecule has 1 atom stereocenters. The summed E-state index contributed by atoms with van der Waals surface area (Å²) in [6.45, 7) is 2.70. The Labute approximate surface area is 204 Å². The summed E-state index contributed by atoms with van der Waals surface area (Å²) in [6.07, 6.45) is 6.86. The molecule has 176 valence electrons. The van der Waals surface area contributed by atoms with Gasteiger partial charge >= 0.3 is 0 Å². The van der Waals surface area contributed by atoms with Crippen molar-refractivity contribution in [3.8, 4) is 11.3 Å². The van der Waals surface area contributed by atoms with Crippen LogP contribution in [0, 0.1) is 5.92 Å². The summed E-state index contributed by atoms with van der Waals surface area (Å²) in [5.74, 6) is 0.120. The first-order valence-corrected chi connectivity index (χ1v) is 13.1. The Bertz CT molecular complexity index is 1260. The van der Waals surface area contributed by atoms with Crippen molar-refractivity contribution in [3.63, 3.8) is 0 Å². The van der Waals surface area contributed by atoms with Gasteiger partial charge in [0, 0.05) is 11.0 Å². The first-order valence-electron chi connectivity index (χ1n) is 12.2. The van der Waals surface area contributed by atoms with Crippen LogP contribution in [0.3, 0.4) is 0 Å². The highest BCUT2D eigenvalue weighted by Gasteiger charge is 2.44. The molecule has 0 aliphatic heterocycles. The molecule has 2 aliphatic rings. The number of amides is 1. The van der Waals surface area contributed by atoms with Crippen molar-refractivity contribution >= 4 is 17.7 Å². The Balaban J connectivity index is 1.73. The van der Waals surface area contributed by atoms with E-state index in [1.54, 1.807) is 4.57 Å². The number of thioether (sulfide) groups is 1. The molecule has 0 spiro atoms. The molecule has 5 nitrogen and oxygen atoms in total. The largest absolute Gasteiger partial charge is 0.369 e. The highest BCUT2D eigenvalue weighted by molar-refractivity contribution is 7.99. The number of nitrogens with zero attached hydrogens (tertiary/aromatic N) is 2. The van der Waals surface area contributed by atoms with Crippen molar-refractivity contribution < 1.29 is 4.79 Å². The van der Waals surface area contributed by atoms with Gasteiger partial charge in [0.05, 0.1) is 23.6 Å². The maximum absolute atomic E-state index is 14.3. The summed E-state index contributed by atoms with van der Waals surface area (Å²) in [4.78, 5) is 31.0. The number of benzene rings is 2. The van der Waals surface area contributed by atoms with Gasteiger partial charge in [-0.25, -0.2) is 4.98 Å². The van der Waals surface area contributed by atoms with Crippen LogP contribution in [-0.4, -0.2) is 21.2 Å². The number of fused-ring (bicyclic) bond motifs is 3. The van der Waals surface area contributed by atoms with Crippen LogP contribution in [0.5, 0.6) is 0 Å². The van der Waals surface area contributed by atoms with Crippen molar-refractivity contribution in [1.29, 1.82) is 0 Å². The first-order chi connectivity index (χ1) is 16.5. The van der Waals surface area contributed by atoms with E-state index in [-0.39, 0.29) is 16.7 Å². The van der Waals surface area contributed by atoms with E-state index in [1.807, 2.05) is 36.4 Å². The number of nitrogens with two attached hydrogens (primary N) is 1. The molecule has 1 fully saturated rings. The predicted molar refractivity (Wildman–Crippen MR) is 137 cm³/mol. The van der Waals surface area contributed by atoms with E-state index in [0.29, 0.717) is 17.6 Å². The zero-order valence-corrected chi connectivity index (χ0v) is 20.4. The standard InChI is InChI=1S/C28H31N3O2S/c1-28(21-13-6-3-7-14-21)16-20-12-8-9-15-22(20)25-24(28)26(33)31(17-19-10-4-2-5-11-19)27(30-25)34-18-23(29)32/h2,4-5,8-12,15,21H,3,6-7,13-14,16-18H2,1H3,(H2,29,32)/t28-/m1/s1. The van der Waals surface area contributed by atoms with E-state index in [0.717, 1.165) is 41.6 Å². The summed E-state index contributed by atoms with van der Waals surface area (Å²) < 4.78 is 1.76. The van der Waals surface area contributed by atoms with E-state index < -0.39 is 5.91 Å². The monoisotopic (exact) mass is 473 g/mol. The second-order valence-corrected chi connectivity index (χ2v) is 10.8. The van der Waals surface area contributed by atoms with Crippen molar-refractivity contribution in [1.82, 2.24) is 9.55 Å². The van der Waals surface area contributed by atoms with Crippen LogP contribution in [0.25, 0.3) is 11.3 Å². The molecule has 0 radical (unpaired) electrons. The average Bonchev–Trinajstić information content (AvgIpc) is 2.85. The van der Waals surface area contributed by atoms with Gasteiger partial charge < -0.3 is 5.73 Å². The lowest BCUT2D eigenvalue weighted by Crippen LogP contribution is -2.45. The van der Waals surface area contributed by atoms with Gasteiger partial charge in [-0.05, 0) is 36.3 Å². The molecule has 2 N–H and O–H groups in total. The average molecular weight is 474 g/mol. The molecule has 0 saturated heterocycles. The quantitative estimate of drug-likeness (QED) is 0.407. The normalized spacial score (nSPS) is 19.9. The smallest absolute Gasteiger partial charge is 0.258 e. The molecular formula is C28H31N3O2S. The van der Waals surface area contributed by atoms with Crippen LogP contribution >= 0.6 is 11.8 Å². The first kappa shape index (κ1) is 22.9. The van der Waals surface area contributed by atoms with Crippen molar-refractivity contribution in [2.45, 2.75) is 62.6 Å². The van der Waals surface area contributed by atoms with E-state index in [1.165, 1.54) is 36.6 Å². The van der Waals surface area contributed by atoms with Crippen LogP contribution in [-0.2, 0) is 23.2 Å². The summed E-state index contributed by atoms with van der Waals surface area (Å²) in [5, 5.41) is 0.550. The zero-order valence-electron chi connectivity index (χ0n) is 19.6. The van der Waals surface area contributed by atoms with Gasteiger partial charge in [-0.15, -0.1) is 0 Å². The topological polar surface area (TPSA) is 78.0 Å². The lowest BCUT2D eigenvalue weighted by molar-refractivity contribution is -0.115. The summed E-state index contributed by atoms with van der Waals surface area (Å²) in [7, 11) is 0. The lowest BCUT2D eigenvalue weighted by atomic mass is 9.60. The SMILES string of the molecule is C[C@]1(C2CCCCC2)Cc2ccccc2-c2nc(SCC(N)=O)n(Cc3ccccc3)c(=O)c21. The summed E-state index contributed by atoms with van der Waals surface area (Å²) in [5.41, 5.74) is 10.2. The fourth-order valence-electron chi connectivity index (χ4n) is 5.87. The third kappa shape index (κ3) is 4.20. The summed E-state index contributed by atoms with van der Waals surface area (Å²) in [6, 6.07) is 18.3. The number of carbonyl (C=O) groups is 1. The Morgan fingerprint density at radius 2 is 1.79 bits per heavy atom. The third-order valence-corrected chi connectivity index (χ3v) is 8.57. The van der Waals surface area contributed by atoms with Crippen molar-refractivity contribution in [2.24, 2.45) is 11.7 Å². The lowest BCUT2D eigenvalue weighted by Gasteiger charge is -2.44. The van der Waals surface area contributed by atoms with Crippen LogP contribution in [0.2, 0.25) is 0 Å². The minimum atomic E-state index is -0.421. The van der Waals surface area contributed by atoms with Gasteiger partial charge in [-0.2, -0.15) is 0 Å². The number of carbonyl (C=O) groups excluding carboxylic acids is 1. The minimum absolute atomic E-state index is 0.0170. The molecular weight excluding hydrogens is 442 g/mol. The molecule has 1 saturated carbocycles. The molecule has 34 heavy (non-hydrogen) atoms. The van der Waals surface area contributed by atoms with E-state index in [9.17, 15) is 9.59 Å². The second-order valence-electron chi connectivity index (χ2n) is 9.84. The van der Waals surface area contributed by atoms with Gasteiger partial charge in [0.2, 0.25) is 5.91 Å². The Hall–Kier alpha value is -2.86. The second kappa shape index (κ2) is 9.41. The van der Waals surface area contributed by atoms with Crippen LogP contribution < -0.4 is 11.3 Å². The molecule has 2 aliphatic carbocycles. The molecule has 1 amide bonds. The predicted octanol–water partition coefficient (Wildman–Crippen LogP) is 4.93. The highest BCUT2D eigenvalue weighted by atomic mass is 32.2. The number of aromatic nitrogens is 2. The van der Waals surface area contributed by atoms with Crippen LogP contribution in [0.4, 0.5) is 0 Å².